The number of anilines is 2. The van der Waals surface area contributed by atoms with Gasteiger partial charge >= 0.3 is 12.1 Å². The van der Waals surface area contributed by atoms with Crippen molar-refractivity contribution < 1.29 is 14.7 Å². The summed E-state index contributed by atoms with van der Waals surface area (Å²) in [4.78, 5) is 26.1. The molecule has 4 rings (SSSR count). The molecule has 0 radical (unpaired) electrons. The number of nitrogens with one attached hydrogen (secondary N) is 2. The summed E-state index contributed by atoms with van der Waals surface area (Å²) in [5.41, 5.74) is 3.81. The highest BCUT2D eigenvalue weighted by Gasteiger charge is 2.21. The molecule has 2 aliphatic heterocycles. The second-order valence-electron chi connectivity index (χ2n) is 6.40. The van der Waals surface area contributed by atoms with E-state index in [9.17, 15) is 9.59 Å². The van der Waals surface area contributed by atoms with Crippen molar-refractivity contribution in [2.24, 2.45) is 0 Å². The first kappa shape index (κ1) is 20.2. The summed E-state index contributed by atoms with van der Waals surface area (Å²) >= 11 is 3.40. The number of aliphatic hydroxyl groups is 1. The van der Waals surface area contributed by atoms with E-state index in [0.29, 0.717) is 13.1 Å². The van der Waals surface area contributed by atoms with Gasteiger partial charge in [-0.05, 0) is 35.4 Å². The molecule has 148 valence electrons. The molecule has 0 saturated carbocycles. The summed E-state index contributed by atoms with van der Waals surface area (Å²) in [7, 11) is 0. The van der Waals surface area contributed by atoms with Crippen LogP contribution in [0.25, 0.3) is 0 Å². The van der Waals surface area contributed by atoms with Crippen LogP contribution in [0.2, 0.25) is 0 Å². The van der Waals surface area contributed by atoms with Gasteiger partial charge in [-0.3, -0.25) is 9.80 Å². The van der Waals surface area contributed by atoms with Crippen molar-refractivity contribution in [3.05, 3.63) is 59.7 Å². The van der Waals surface area contributed by atoms with Gasteiger partial charge in [0.05, 0.1) is 6.61 Å². The Morgan fingerprint density at radius 2 is 1.36 bits per heavy atom. The Bertz CT molecular complexity index is 776. The molecule has 0 unspecified atom stereocenters. The first-order valence-corrected chi connectivity index (χ1v) is 10.2. The smallest absolute Gasteiger partial charge is 0.321 e. The zero-order valence-corrected chi connectivity index (χ0v) is 17.0. The van der Waals surface area contributed by atoms with E-state index in [1.54, 1.807) is 9.80 Å². The van der Waals surface area contributed by atoms with Gasteiger partial charge in [-0.1, -0.05) is 40.2 Å². The number of hydrogen-bond donors (Lipinski definition) is 3. The van der Waals surface area contributed by atoms with Crippen molar-refractivity contribution in [2.75, 3.05) is 36.0 Å². The SMILES string of the molecule is O=C1NCCN1c1cccc(CBr)c1.O=C1NCCN1c1cccc(CO)c1. The first-order valence-electron chi connectivity index (χ1n) is 9.08. The molecule has 2 heterocycles. The van der Waals surface area contributed by atoms with Gasteiger partial charge in [0.2, 0.25) is 0 Å². The Morgan fingerprint density at radius 3 is 1.79 bits per heavy atom. The van der Waals surface area contributed by atoms with Gasteiger partial charge in [0, 0.05) is 42.9 Å². The monoisotopic (exact) mass is 446 g/mol. The molecule has 2 aliphatic rings. The fourth-order valence-electron chi connectivity index (χ4n) is 3.07. The minimum Gasteiger partial charge on any atom is -0.392 e. The van der Waals surface area contributed by atoms with Crippen LogP contribution < -0.4 is 20.4 Å². The van der Waals surface area contributed by atoms with Gasteiger partial charge in [-0.2, -0.15) is 0 Å². The number of alkyl halides is 1. The topological polar surface area (TPSA) is 84.9 Å². The number of benzene rings is 2. The highest BCUT2D eigenvalue weighted by atomic mass is 79.9. The summed E-state index contributed by atoms with van der Waals surface area (Å²) in [6, 6.07) is 15.3. The lowest BCUT2D eigenvalue weighted by molar-refractivity contribution is 0.251. The van der Waals surface area contributed by atoms with E-state index in [4.69, 9.17) is 5.11 Å². The van der Waals surface area contributed by atoms with E-state index in [-0.39, 0.29) is 18.7 Å². The standard InChI is InChI=1S/C10H11BrN2O.C10H12N2O2/c11-7-8-2-1-3-9(6-8)13-5-4-12-10(13)14;13-7-8-2-1-3-9(6-8)12-5-4-11-10(12)14/h1-3,6H,4-5,7H2,(H,12,14);1-3,6,13H,4-5,7H2,(H,11,14). The third-order valence-corrected chi connectivity index (χ3v) is 5.14. The summed E-state index contributed by atoms with van der Waals surface area (Å²) in [6.45, 7) is 2.86. The minimum absolute atomic E-state index is 0.00303. The van der Waals surface area contributed by atoms with E-state index in [2.05, 4.69) is 26.6 Å². The van der Waals surface area contributed by atoms with Crippen LogP contribution in [0.15, 0.2) is 48.5 Å². The molecule has 0 bridgehead atoms. The van der Waals surface area contributed by atoms with Crippen LogP contribution in [0.3, 0.4) is 0 Å². The molecular formula is C20H23BrN4O3. The van der Waals surface area contributed by atoms with Crippen LogP contribution in [0.1, 0.15) is 11.1 Å². The van der Waals surface area contributed by atoms with Gasteiger partial charge < -0.3 is 15.7 Å². The largest absolute Gasteiger partial charge is 0.392 e. The Morgan fingerprint density at radius 1 is 0.857 bits per heavy atom. The summed E-state index contributed by atoms with van der Waals surface area (Å²) in [5, 5.41) is 15.3. The molecule has 4 amide bonds. The molecule has 2 aromatic rings. The number of aliphatic hydroxyl groups excluding tert-OH is 1. The van der Waals surface area contributed by atoms with Gasteiger partial charge in [-0.25, -0.2) is 9.59 Å². The fraction of sp³-hybridized carbons (Fsp3) is 0.300. The lowest BCUT2D eigenvalue weighted by atomic mass is 10.2. The highest BCUT2D eigenvalue weighted by molar-refractivity contribution is 9.08. The van der Waals surface area contributed by atoms with E-state index < -0.39 is 0 Å². The highest BCUT2D eigenvalue weighted by Crippen LogP contribution is 2.19. The third-order valence-electron chi connectivity index (χ3n) is 4.49. The first-order chi connectivity index (χ1) is 13.6. The normalized spacial score (nSPS) is 15.8. The van der Waals surface area contributed by atoms with Crippen LogP contribution in [0.5, 0.6) is 0 Å². The zero-order chi connectivity index (χ0) is 19.9. The van der Waals surface area contributed by atoms with Crippen LogP contribution in [0.4, 0.5) is 21.0 Å². The maximum atomic E-state index is 11.4. The molecule has 0 atom stereocenters. The average molecular weight is 447 g/mol. The molecular weight excluding hydrogens is 424 g/mol. The van der Waals surface area contributed by atoms with Crippen molar-refractivity contribution >= 4 is 39.4 Å². The lowest BCUT2D eigenvalue weighted by Gasteiger charge is -2.14. The van der Waals surface area contributed by atoms with Crippen molar-refractivity contribution in [3.63, 3.8) is 0 Å². The van der Waals surface area contributed by atoms with Crippen LogP contribution in [0, 0.1) is 0 Å². The van der Waals surface area contributed by atoms with E-state index in [0.717, 1.165) is 35.4 Å². The van der Waals surface area contributed by atoms with Crippen LogP contribution >= 0.6 is 15.9 Å². The predicted molar refractivity (Wildman–Crippen MR) is 113 cm³/mol. The number of carbonyl (C=O) groups excluding carboxylic acids is 2. The number of carbonyl (C=O) groups is 2. The van der Waals surface area contributed by atoms with Crippen molar-refractivity contribution in [1.29, 1.82) is 0 Å². The van der Waals surface area contributed by atoms with E-state index in [1.165, 1.54) is 5.56 Å². The summed E-state index contributed by atoms with van der Waals surface area (Å²) in [6.07, 6.45) is 0. The fourth-order valence-corrected chi connectivity index (χ4v) is 3.41. The Hall–Kier alpha value is -2.58. The molecule has 0 spiro atoms. The predicted octanol–water partition coefficient (Wildman–Crippen LogP) is 2.82. The van der Waals surface area contributed by atoms with Gasteiger partial charge in [0.15, 0.2) is 0 Å². The second-order valence-corrected chi connectivity index (χ2v) is 6.96. The maximum absolute atomic E-state index is 11.4. The number of rotatable bonds is 4. The average Bonchev–Trinajstić information content (AvgIpc) is 3.36. The van der Waals surface area contributed by atoms with Crippen molar-refractivity contribution in [2.45, 2.75) is 11.9 Å². The molecule has 7 nitrogen and oxygen atoms in total. The summed E-state index contributed by atoms with van der Waals surface area (Å²) < 4.78 is 0. The molecule has 2 fully saturated rings. The third kappa shape index (κ3) is 4.82. The Labute approximate surface area is 172 Å². The summed E-state index contributed by atoms with van der Waals surface area (Å²) in [5.74, 6) is 0. The van der Waals surface area contributed by atoms with Crippen molar-refractivity contribution in [3.8, 4) is 0 Å². The molecule has 28 heavy (non-hydrogen) atoms. The maximum Gasteiger partial charge on any atom is 0.321 e. The van der Waals surface area contributed by atoms with Crippen molar-refractivity contribution in [1.82, 2.24) is 10.6 Å². The molecule has 0 aromatic heterocycles. The van der Waals surface area contributed by atoms with Gasteiger partial charge in [-0.15, -0.1) is 0 Å². The van der Waals surface area contributed by atoms with E-state index in [1.807, 2.05) is 48.5 Å². The van der Waals surface area contributed by atoms with Crippen LogP contribution in [-0.4, -0.2) is 43.3 Å². The number of halogens is 1. The Balaban J connectivity index is 0.000000161. The molecule has 0 aliphatic carbocycles. The minimum atomic E-state index is -0.0694. The van der Waals surface area contributed by atoms with Gasteiger partial charge in [0.25, 0.3) is 0 Å². The molecule has 2 saturated heterocycles. The molecule has 8 heteroatoms. The quantitative estimate of drug-likeness (QED) is 0.631. The molecule has 3 N–H and O–H groups in total. The zero-order valence-electron chi connectivity index (χ0n) is 15.4. The lowest BCUT2D eigenvalue weighted by Crippen LogP contribution is -2.27. The van der Waals surface area contributed by atoms with Gasteiger partial charge in [0.1, 0.15) is 0 Å². The Kier molecular flexibility index (Phi) is 6.89. The van der Waals surface area contributed by atoms with E-state index >= 15 is 0 Å². The number of amides is 4. The second kappa shape index (κ2) is 9.57. The number of hydrogen-bond acceptors (Lipinski definition) is 3. The number of nitrogens with zero attached hydrogens (tertiary/aromatic N) is 2. The molecule has 2 aromatic carbocycles. The van der Waals surface area contributed by atoms with Crippen LogP contribution in [-0.2, 0) is 11.9 Å². The number of urea groups is 2.